The zero-order valence-corrected chi connectivity index (χ0v) is 10.8. The summed E-state index contributed by atoms with van der Waals surface area (Å²) in [5.41, 5.74) is 0.564. The molecule has 2 heterocycles. The highest BCUT2D eigenvalue weighted by atomic mass is 16.5. The molecule has 0 spiro atoms. The number of hydrogen-bond donors (Lipinski definition) is 2. The maximum absolute atomic E-state index is 10.9. The molecule has 21 heavy (non-hydrogen) atoms. The van der Waals surface area contributed by atoms with Gasteiger partial charge < -0.3 is 14.9 Å². The summed E-state index contributed by atoms with van der Waals surface area (Å²) in [5.74, 6) is -0.131. The first-order valence-electron chi connectivity index (χ1n) is 6.13. The summed E-state index contributed by atoms with van der Waals surface area (Å²) < 4.78 is 7.11. The third kappa shape index (κ3) is 2.48. The minimum atomic E-state index is -1.02. The van der Waals surface area contributed by atoms with Crippen LogP contribution in [0.3, 0.4) is 0 Å². The molecule has 2 N–H and O–H groups in total. The Labute approximate surface area is 119 Å². The van der Waals surface area contributed by atoms with E-state index in [2.05, 4.69) is 10.2 Å². The number of benzene rings is 1. The molecule has 0 unspecified atom stereocenters. The van der Waals surface area contributed by atoms with Crippen LogP contribution >= 0.6 is 0 Å². The van der Waals surface area contributed by atoms with Crippen molar-refractivity contribution in [2.24, 2.45) is 0 Å². The van der Waals surface area contributed by atoms with E-state index in [9.17, 15) is 9.90 Å². The monoisotopic (exact) mass is 285 g/mol. The Kier molecular flexibility index (Phi) is 3.15. The number of aromatic nitrogens is 3. The van der Waals surface area contributed by atoms with Crippen molar-refractivity contribution in [3.8, 4) is 11.5 Å². The highest BCUT2D eigenvalue weighted by Gasteiger charge is 2.10. The van der Waals surface area contributed by atoms with Crippen LogP contribution in [-0.2, 0) is 6.61 Å². The lowest BCUT2D eigenvalue weighted by molar-refractivity contribution is 0.0697. The maximum atomic E-state index is 10.9. The lowest BCUT2D eigenvalue weighted by Gasteiger charge is -2.06. The normalized spacial score (nSPS) is 10.7. The van der Waals surface area contributed by atoms with Gasteiger partial charge in [-0.05, 0) is 24.3 Å². The largest absolute Gasteiger partial charge is 0.504 e. The first-order valence-corrected chi connectivity index (χ1v) is 6.13. The van der Waals surface area contributed by atoms with Gasteiger partial charge in [-0.1, -0.05) is 12.1 Å². The quantitative estimate of drug-likeness (QED) is 0.757. The Morgan fingerprint density at radius 1 is 1.24 bits per heavy atom. The van der Waals surface area contributed by atoms with E-state index >= 15 is 0 Å². The summed E-state index contributed by atoms with van der Waals surface area (Å²) in [7, 11) is 0. The molecule has 0 aliphatic rings. The van der Waals surface area contributed by atoms with Crippen molar-refractivity contribution in [3.05, 3.63) is 54.0 Å². The van der Waals surface area contributed by atoms with E-state index in [1.165, 1.54) is 18.2 Å². The van der Waals surface area contributed by atoms with Crippen LogP contribution in [0.1, 0.15) is 16.2 Å². The fourth-order valence-corrected chi connectivity index (χ4v) is 1.89. The topological polar surface area (TPSA) is 97.0 Å². The van der Waals surface area contributed by atoms with Crippen LogP contribution in [-0.4, -0.2) is 30.8 Å². The molecule has 0 saturated carbocycles. The molecule has 0 bridgehead atoms. The number of pyridine rings is 1. The number of aromatic hydroxyl groups is 1. The van der Waals surface area contributed by atoms with Gasteiger partial charge in [0.25, 0.3) is 0 Å². The summed E-state index contributed by atoms with van der Waals surface area (Å²) in [6.07, 6.45) is 1.57. The lowest BCUT2D eigenvalue weighted by atomic mass is 10.3. The van der Waals surface area contributed by atoms with Crippen molar-refractivity contribution in [1.82, 2.24) is 14.6 Å². The van der Waals surface area contributed by atoms with Crippen LogP contribution in [0.25, 0.3) is 5.65 Å². The molecule has 0 aliphatic heterocycles. The van der Waals surface area contributed by atoms with E-state index in [0.717, 1.165) is 0 Å². The number of rotatable bonds is 4. The van der Waals surface area contributed by atoms with Gasteiger partial charge in [0.1, 0.15) is 6.61 Å². The number of para-hydroxylation sites is 2. The van der Waals surface area contributed by atoms with Gasteiger partial charge in [0, 0.05) is 6.20 Å². The number of nitrogens with zero attached hydrogens (tertiary/aromatic N) is 3. The Hall–Kier alpha value is -3.09. The minimum Gasteiger partial charge on any atom is -0.504 e. The van der Waals surface area contributed by atoms with E-state index in [1.54, 1.807) is 28.8 Å². The Balaban J connectivity index is 1.85. The van der Waals surface area contributed by atoms with Crippen molar-refractivity contribution in [1.29, 1.82) is 0 Å². The Bertz CT molecular complexity index is 813. The molecule has 3 aromatic rings. The molecule has 0 saturated heterocycles. The minimum absolute atomic E-state index is 0.0412. The predicted octanol–water partition coefficient (Wildman–Crippen LogP) is 1.71. The van der Waals surface area contributed by atoms with Crippen molar-refractivity contribution in [2.45, 2.75) is 6.61 Å². The second-order valence-corrected chi connectivity index (χ2v) is 4.32. The fraction of sp³-hybridized carbons (Fsp3) is 0.0714. The number of aromatic carboxylic acids is 1. The maximum Gasteiger partial charge on any atom is 0.335 e. The first-order chi connectivity index (χ1) is 10.1. The second kappa shape index (κ2) is 5.12. The molecule has 2 aromatic heterocycles. The molecular weight excluding hydrogens is 274 g/mol. The molecule has 7 heteroatoms. The zero-order valence-electron chi connectivity index (χ0n) is 10.8. The Morgan fingerprint density at radius 3 is 2.81 bits per heavy atom. The SMILES string of the molecule is O=C(O)c1ccn2c(COc3ccccc3O)nnc2c1. The molecule has 0 amide bonds. The van der Waals surface area contributed by atoms with E-state index in [4.69, 9.17) is 9.84 Å². The summed E-state index contributed by atoms with van der Waals surface area (Å²) in [4.78, 5) is 10.9. The second-order valence-electron chi connectivity index (χ2n) is 4.32. The lowest BCUT2D eigenvalue weighted by Crippen LogP contribution is -2.03. The van der Waals surface area contributed by atoms with Gasteiger partial charge in [0.05, 0.1) is 5.56 Å². The van der Waals surface area contributed by atoms with Gasteiger partial charge >= 0.3 is 5.97 Å². The highest BCUT2D eigenvalue weighted by molar-refractivity contribution is 5.88. The fourth-order valence-electron chi connectivity index (χ4n) is 1.89. The van der Waals surface area contributed by atoms with Crippen molar-refractivity contribution in [2.75, 3.05) is 0 Å². The van der Waals surface area contributed by atoms with E-state index in [1.807, 2.05) is 0 Å². The molecule has 0 fully saturated rings. The third-order valence-corrected chi connectivity index (χ3v) is 2.95. The van der Waals surface area contributed by atoms with Gasteiger partial charge in [0.15, 0.2) is 23.0 Å². The smallest absolute Gasteiger partial charge is 0.335 e. The van der Waals surface area contributed by atoms with Crippen molar-refractivity contribution in [3.63, 3.8) is 0 Å². The number of phenols is 1. The van der Waals surface area contributed by atoms with E-state index < -0.39 is 5.97 Å². The van der Waals surface area contributed by atoms with Crippen LogP contribution in [0.4, 0.5) is 0 Å². The summed E-state index contributed by atoms with van der Waals surface area (Å²) in [6.45, 7) is 0.102. The van der Waals surface area contributed by atoms with Gasteiger partial charge in [-0.25, -0.2) is 4.79 Å². The molecule has 3 rings (SSSR count). The first kappa shape index (κ1) is 12.9. The number of hydrogen-bond acceptors (Lipinski definition) is 5. The van der Waals surface area contributed by atoms with Gasteiger partial charge in [-0.3, -0.25) is 4.40 Å². The standard InChI is InChI=1S/C14H11N3O4/c18-10-3-1-2-4-11(10)21-8-13-16-15-12-7-9(14(19)20)5-6-17(12)13/h1-7,18H,8H2,(H,19,20). The van der Waals surface area contributed by atoms with Crippen LogP contribution in [0, 0.1) is 0 Å². The van der Waals surface area contributed by atoms with Crippen LogP contribution in [0.2, 0.25) is 0 Å². The average Bonchev–Trinajstić information content (AvgIpc) is 2.88. The summed E-state index contributed by atoms with van der Waals surface area (Å²) in [6, 6.07) is 9.50. The molecule has 0 atom stereocenters. The third-order valence-electron chi connectivity index (χ3n) is 2.95. The average molecular weight is 285 g/mol. The number of ether oxygens (including phenoxy) is 1. The number of carboxylic acid groups (broad SMARTS) is 1. The van der Waals surface area contributed by atoms with Crippen LogP contribution in [0.5, 0.6) is 11.5 Å². The number of carbonyl (C=O) groups is 1. The van der Waals surface area contributed by atoms with E-state index in [0.29, 0.717) is 17.2 Å². The van der Waals surface area contributed by atoms with Crippen LogP contribution in [0.15, 0.2) is 42.6 Å². The molecule has 1 aromatic carbocycles. The van der Waals surface area contributed by atoms with Gasteiger partial charge in [0.2, 0.25) is 0 Å². The van der Waals surface area contributed by atoms with Gasteiger partial charge in [-0.2, -0.15) is 0 Å². The van der Waals surface area contributed by atoms with Crippen molar-refractivity contribution >= 4 is 11.6 Å². The molecule has 7 nitrogen and oxygen atoms in total. The molecular formula is C14H11N3O4. The zero-order chi connectivity index (χ0) is 14.8. The molecule has 0 aliphatic carbocycles. The highest BCUT2D eigenvalue weighted by Crippen LogP contribution is 2.25. The van der Waals surface area contributed by atoms with Crippen molar-refractivity contribution < 1.29 is 19.7 Å². The summed E-state index contributed by atoms with van der Waals surface area (Å²) >= 11 is 0. The Morgan fingerprint density at radius 2 is 2.05 bits per heavy atom. The summed E-state index contributed by atoms with van der Waals surface area (Å²) in [5, 5.41) is 26.4. The predicted molar refractivity (Wildman–Crippen MR) is 72.4 cm³/mol. The van der Waals surface area contributed by atoms with E-state index in [-0.39, 0.29) is 17.9 Å². The van der Waals surface area contributed by atoms with Gasteiger partial charge in [-0.15, -0.1) is 10.2 Å². The molecule has 0 radical (unpaired) electrons. The number of phenolic OH excluding ortho intramolecular Hbond substituents is 1. The van der Waals surface area contributed by atoms with Crippen LogP contribution < -0.4 is 4.74 Å². The number of fused-ring (bicyclic) bond motifs is 1. The molecule has 106 valence electrons. The number of carboxylic acids is 1.